The summed E-state index contributed by atoms with van der Waals surface area (Å²) in [6.45, 7) is 1.50. The van der Waals surface area contributed by atoms with E-state index < -0.39 is 28.5 Å². The van der Waals surface area contributed by atoms with Gasteiger partial charge in [-0.2, -0.15) is 0 Å². The zero-order chi connectivity index (χ0) is 31.0. The van der Waals surface area contributed by atoms with Crippen molar-refractivity contribution in [1.82, 2.24) is 10.2 Å². The predicted molar refractivity (Wildman–Crippen MR) is 172 cm³/mol. The van der Waals surface area contributed by atoms with Crippen LogP contribution in [0, 0.1) is 0 Å². The summed E-state index contributed by atoms with van der Waals surface area (Å²) in [6, 6.07) is 27.4. The number of nitrogens with one attached hydrogen (secondary N) is 1. The number of halogens is 3. The third-order valence-corrected chi connectivity index (χ3v) is 9.20. The fourth-order valence-electron chi connectivity index (χ4n) is 4.59. The maximum atomic E-state index is 14.4. The Balaban J connectivity index is 1.81. The van der Waals surface area contributed by atoms with Crippen LogP contribution in [0.4, 0.5) is 5.69 Å². The highest BCUT2D eigenvalue weighted by Crippen LogP contribution is 2.33. The molecular formula is C32H30Cl3N3O4S. The molecule has 224 valence electrons. The van der Waals surface area contributed by atoms with Crippen molar-refractivity contribution >= 4 is 62.3 Å². The molecule has 0 bridgehead atoms. The van der Waals surface area contributed by atoms with Gasteiger partial charge in [-0.3, -0.25) is 13.9 Å². The minimum Gasteiger partial charge on any atom is -0.355 e. The number of amides is 2. The Bertz CT molecular complexity index is 1670. The number of hydrogen-bond acceptors (Lipinski definition) is 4. The molecule has 43 heavy (non-hydrogen) atoms. The van der Waals surface area contributed by atoms with Gasteiger partial charge in [-0.05, 0) is 60.5 Å². The first-order valence-corrected chi connectivity index (χ1v) is 16.1. The van der Waals surface area contributed by atoms with Gasteiger partial charge < -0.3 is 10.2 Å². The van der Waals surface area contributed by atoms with E-state index in [1.807, 2.05) is 30.3 Å². The number of carbonyl (C=O) groups excluding carboxylic acids is 2. The van der Waals surface area contributed by atoms with Crippen LogP contribution in [0.25, 0.3) is 0 Å². The fourth-order valence-corrected chi connectivity index (χ4v) is 6.82. The number of likely N-dealkylation sites (N-methyl/N-ethyl adjacent to an activating group) is 1. The maximum Gasteiger partial charge on any atom is 0.264 e. The van der Waals surface area contributed by atoms with Gasteiger partial charge in [0.2, 0.25) is 11.8 Å². The molecule has 1 atom stereocenters. The van der Waals surface area contributed by atoms with Crippen LogP contribution in [0.15, 0.2) is 108 Å². The number of carbonyl (C=O) groups is 2. The zero-order valence-electron chi connectivity index (χ0n) is 23.3. The van der Waals surface area contributed by atoms with E-state index in [0.717, 1.165) is 9.87 Å². The van der Waals surface area contributed by atoms with Crippen LogP contribution in [0.5, 0.6) is 0 Å². The molecule has 1 N–H and O–H groups in total. The predicted octanol–water partition coefficient (Wildman–Crippen LogP) is 6.62. The second-order valence-corrected chi connectivity index (χ2v) is 12.8. The van der Waals surface area contributed by atoms with Crippen LogP contribution < -0.4 is 9.62 Å². The highest BCUT2D eigenvalue weighted by molar-refractivity contribution is 7.92. The Morgan fingerprint density at radius 2 is 1.42 bits per heavy atom. The maximum absolute atomic E-state index is 14.4. The van der Waals surface area contributed by atoms with Gasteiger partial charge in [-0.25, -0.2) is 8.42 Å². The van der Waals surface area contributed by atoms with Crippen molar-refractivity contribution in [2.24, 2.45) is 0 Å². The second-order valence-electron chi connectivity index (χ2n) is 9.67. The first kappa shape index (κ1) is 32.4. The lowest BCUT2D eigenvalue weighted by molar-refractivity contribution is -0.140. The van der Waals surface area contributed by atoms with Gasteiger partial charge in [-0.15, -0.1) is 0 Å². The standard InChI is InChI=1S/C32H30Cl3N3O4S/c1-2-36-32(40)30(19-23-10-5-3-6-11-23)37(21-24-12-9-13-25(33)18-24)31(39)22-38(29-17-16-26(34)20-28(29)35)43(41,42)27-14-7-4-8-15-27/h3-18,20,30H,2,19,21-22H2,1H3,(H,36,40)/t30-/m0/s1. The number of rotatable bonds is 12. The van der Waals surface area contributed by atoms with Crippen LogP contribution in [0.3, 0.4) is 0 Å². The van der Waals surface area contributed by atoms with Crippen molar-refractivity contribution < 1.29 is 18.0 Å². The Kier molecular flexibility index (Phi) is 11.1. The number of sulfonamides is 1. The minimum absolute atomic E-state index is 0.00159. The molecular weight excluding hydrogens is 629 g/mol. The Labute approximate surface area is 267 Å². The molecule has 0 aliphatic heterocycles. The lowest BCUT2D eigenvalue weighted by atomic mass is 10.0. The average Bonchev–Trinajstić information content (AvgIpc) is 2.99. The molecule has 0 spiro atoms. The number of benzene rings is 4. The Morgan fingerprint density at radius 1 is 0.791 bits per heavy atom. The lowest BCUT2D eigenvalue weighted by Gasteiger charge is -2.34. The lowest BCUT2D eigenvalue weighted by Crippen LogP contribution is -2.53. The van der Waals surface area contributed by atoms with Gasteiger partial charge in [0.1, 0.15) is 12.6 Å². The summed E-state index contributed by atoms with van der Waals surface area (Å²) in [5, 5.41) is 3.64. The van der Waals surface area contributed by atoms with Gasteiger partial charge in [0.05, 0.1) is 15.6 Å². The van der Waals surface area contributed by atoms with Gasteiger partial charge >= 0.3 is 0 Å². The normalized spacial score (nSPS) is 11.9. The molecule has 11 heteroatoms. The third kappa shape index (κ3) is 8.30. The van der Waals surface area contributed by atoms with Gasteiger partial charge in [-0.1, -0.05) is 95.5 Å². The van der Waals surface area contributed by atoms with E-state index in [1.54, 1.807) is 49.4 Å². The van der Waals surface area contributed by atoms with Crippen molar-refractivity contribution in [3.63, 3.8) is 0 Å². The molecule has 2 amide bonds. The van der Waals surface area contributed by atoms with Crippen LogP contribution in [0.2, 0.25) is 15.1 Å². The van der Waals surface area contributed by atoms with Crippen LogP contribution in [-0.2, 0) is 32.6 Å². The van der Waals surface area contributed by atoms with Crippen LogP contribution in [0.1, 0.15) is 18.1 Å². The van der Waals surface area contributed by atoms with Crippen molar-refractivity contribution in [1.29, 1.82) is 0 Å². The molecule has 4 aromatic rings. The first-order valence-electron chi connectivity index (χ1n) is 13.5. The fraction of sp³-hybridized carbons (Fsp3) is 0.188. The monoisotopic (exact) mass is 657 g/mol. The largest absolute Gasteiger partial charge is 0.355 e. The van der Waals surface area contributed by atoms with E-state index in [0.29, 0.717) is 22.2 Å². The van der Waals surface area contributed by atoms with E-state index in [1.165, 1.54) is 35.2 Å². The minimum atomic E-state index is -4.28. The molecule has 7 nitrogen and oxygen atoms in total. The summed E-state index contributed by atoms with van der Waals surface area (Å²) >= 11 is 18.9. The smallest absolute Gasteiger partial charge is 0.264 e. The summed E-state index contributed by atoms with van der Waals surface area (Å²) in [6.07, 6.45) is 0.201. The molecule has 0 saturated carbocycles. The molecule has 0 aliphatic rings. The molecule has 0 unspecified atom stereocenters. The Hall–Kier alpha value is -3.56. The van der Waals surface area contributed by atoms with Gasteiger partial charge in [0.15, 0.2) is 0 Å². The summed E-state index contributed by atoms with van der Waals surface area (Å²) in [5.41, 5.74) is 1.57. The SMILES string of the molecule is CCNC(=O)[C@H](Cc1ccccc1)N(Cc1cccc(Cl)c1)C(=O)CN(c1ccc(Cl)cc1Cl)S(=O)(=O)c1ccccc1. The average molecular weight is 659 g/mol. The zero-order valence-corrected chi connectivity index (χ0v) is 26.4. The molecule has 0 saturated heterocycles. The highest BCUT2D eigenvalue weighted by Gasteiger charge is 2.35. The number of nitrogens with zero attached hydrogens (tertiary/aromatic N) is 2. The molecule has 0 aromatic heterocycles. The third-order valence-electron chi connectivity index (χ3n) is 6.65. The van der Waals surface area contributed by atoms with Crippen molar-refractivity contribution in [3.05, 3.63) is 129 Å². The summed E-state index contributed by atoms with van der Waals surface area (Å²) < 4.78 is 28.9. The van der Waals surface area contributed by atoms with Crippen molar-refractivity contribution in [3.8, 4) is 0 Å². The number of anilines is 1. The molecule has 0 fully saturated rings. The van der Waals surface area contributed by atoms with E-state index in [2.05, 4.69) is 5.32 Å². The quantitative estimate of drug-likeness (QED) is 0.185. The van der Waals surface area contributed by atoms with E-state index in [9.17, 15) is 18.0 Å². The summed E-state index contributed by atoms with van der Waals surface area (Å²) in [4.78, 5) is 29.2. The summed E-state index contributed by atoms with van der Waals surface area (Å²) in [7, 11) is -4.28. The highest BCUT2D eigenvalue weighted by atomic mass is 35.5. The molecule has 4 aromatic carbocycles. The topological polar surface area (TPSA) is 86.8 Å². The van der Waals surface area contributed by atoms with Gasteiger partial charge in [0.25, 0.3) is 10.0 Å². The number of hydrogen-bond donors (Lipinski definition) is 1. The van der Waals surface area contributed by atoms with E-state index in [4.69, 9.17) is 34.8 Å². The van der Waals surface area contributed by atoms with Crippen LogP contribution >= 0.6 is 34.8 Å². The Morgan fingerprint density at radius 3 is 2.05 bits per heavy atom. The van der Waals surface area contributed by atoms with E-state index >= 15 is 0 Å². The summed E-state index contributed by atoms with van der Waals surface area (Å²) in [5.74, 6) is -0.985. The molecule has 4 rings (SSSR count). The van der Waals surface area contributed by atoms with Gasteiger partial charge in [0, 0.05) is 29.6 Å². The van der Waals surface area contributed by atoms with E-state index in [-0.39, 0.29) is 34.5 Å². The second kappa shape index (κ2) is 14.8. The molecule has 0 radical (unpaired) electrons. The molecule has 0 aliphatic carbocycles. The van der Waals surface area contributed by atoms with Crippen molar-refractivity contribution in [2.45, 2.75) is 30.8 Å². The molecule has 0 heterocycles. The first-order chi connectivity index (χ1) is 20.6. The van der Waals surface area contributed by atoms with Crippen LogP contribution in [-0.4, -0.2) is 44.3 Å². The van der Waals surface area contributed by atoms with Crippen molar-refractivity contribution in [2.75, 3.05) is 17.4 Å².